The largest absolute Gasteiger partial charge is 0.488 e. The number of likely N-dealkylation sites (N-methyl/N-ethyl adjacent to an activating group) is 1. The maximum absolute atomic E-state index is 12.4. The molecule has 0 atom stereocenters. The molecular formula is C18H22N2O2S. The van der Waals surface area contributed by atoms with Crippen LogP contribution in [0.1, 0.15) is 29.1 Å². The normalized spacial score (nSPS) is 12.5. The molecule has 3 rings (SSSR count). The molecule has 0 fully saturated rings. The number of fused-ring (bicyclic) bond motifs is 3. The molecule has 1 N–H and O–H groups in total. The van der Waals surface area contributed by atoms with Crippen LogP contribution in [0.25, 0.3) is 10.4 Å². The molecular weight excluding hydrogens is 308 g/mol. The van der Waals surface area contributed by atoms with Crippen LogP contribution in [0.5, 0.6) is 5.75 Å². The third kappa shape index (κ3) is 3.41. The molecule has 1 aromatic heterocycles. The van der Waals surface area contributed by atoms with Crippen molar-refractivity contribution in [2.45, 2.75) is 20.5 Å². The Kier molecular flexibility index (Phi) is 4.98. The van der Waals surface area contributed by atoms with E-state index in [-0.39, 0.29) is 5.91 Å². The Hall–Kier alpha value is -1.85. The lowest BCUT2D eigenvalue weighted by Gasteiger charge is -2.17. The molecule has 0 spiro atoms. The Labute approximate surface area is 141 Å². The van der Waals surface area contributed by atoms with Crippen LogP contribution in [0.15, 0.2) is 30.3 Å². The first-order chi connectivity index (χ1) is 11.2. The number of carbonyl (C=O) groups excluding carboxylic acids is 1. The van der Waals surface area contributed by atoms with E-state index in [1.165, 1.54) is 0 Å². The number of benzene rings is 1. The monoisotopic (exact) mass is 330 g/mol. The Morgan fingerprint density at radius 1 is 1.30 bits per heavy atom. The van der Waals surface area contributed by atoms with Crippen LogP contribution in [-0.4, -0.2) is 37.0 Å². The van der Waals surface area contributed by atoms with E-state index >= 15 is 0 Å². The van der Waals surface area contributed by atoms with Gasteiger partial charge in [0.15, 0.2) is 0 Å². The van der Waals surface area contributed by atoms with E-state index in [9.17, 15) is 4.79 Å². The lowest BCUT2D eigenvalue weighted by atomic mass is 10.1. The van der Waals surface area contributed by atoms with Crippen molar-refractivity contribution in [1.29, 1.82) is 0 Å². The molecule has 0 bridgehead atoms. The van der Waals surface area contributed by atoms with Crippen LogP contribution >= 0.6 is 11.3 Å². The third-order valence-electron chi connectivity index (χ3n) is 4.16. The zero-order chi connectivity index (χ0) is 16.2. The summed E-state index contributed by atoms with van der Waals surface area (Å²) < 4.78 is 5.75. The zero-order valence-corrected chi connectivity index (χ0v) is 14.4. The lowest BCUT2D eigenvalue weighted by Crippen LogP contribution is -2.34. The molecule has 5 heteroatoms. The standard InChI is InChI=1S/C18H22N2O2S/c1-3-20(4-2)10-9-19-18(21)16-11-13-12-22-15-8-6-5-7-14(15)17(13)23-16/h5-8,11H,3-4,9-10,12H2,1-2H3,(H,19,21). The number of hydrogen-bond donors (Lipinski definition) is 1. The molecule has 0 aliphatic carbocycles. The summed E-state index contributed by atoms with van der Waals surface area (Å²) >= 11 is 1.55. The molecule has 4 nitrogen and oxygen atoms in total. The Bertz CT molecular complexity index is 692. The fraction of sp³-hybridized carbons (Fsp3) is 0.389. The second-order valence-corrected chi connectivity index (χ2v) is 6.58. The Morgan fingerprint density at radius 2 is 2.09 bits per heavy atom. The van der Waals surface area contributed by atoms with Crippen LogP contribution in [0.2, 0.25) is 0 Å². The van der Waals surface area contributed by atoms with Crippen molar-refractivity contribution in [3.05, 3.63) is 40.8 Å². The van der Waals surface area contributed by atoms with Crippen LogP contribution in [0.3, 0.4) is 0 Å². The molecule has 0 radical (unpaired) electrons. The second-order valence-electron chi connectivity index (χ2n) is 5.53. The lowest BCUT2D eigenvalue weighted by molar-refractivity contribution is 0.0953. The number of rotatable bonds is 6. The first kappa shape index (κ1) is 16.0. The molecule has 1 aliphatic heterocycles. The first-order valence-electron chi connectivity index (χ1n) is 8.08. The van der Waals surface area contributed by atoms with Crippen molar-refractivity contribution in [3.8, 4) is 16.2 Å². The van der Waals surface area contributed by atoms with Crippen molar-refractivity contribution in [1.82, 2.24) is 10.2 Å². The van der Waals surface area contributed by atoms with Crippen molar-refractivity contribution >= 4 is 17.2 Å². The van der Waals surface area contributed by atoms with Gasteiger partial charge >= 0.3 is 0 Å². The number of para-hydroxylation sites is 1. The quantitative estimate of drug-likeness (QED) is 0.883. The average molecular weight is 330 g/mol. The third-order valence-corrected chi connectivity index (χ3v) is 5.37. The van der Waals surface area contributed by atoms with Gasteiger partial charge in [-0.15, -0.1) is 11.3 Å². The Morgan fingerprint density at radius 3 is 2.87 bits per heavy atom. The van der Waals surface area contributed by atoms with Crippen molar-refractivity contribution in [3.63, 3.8) is 0 Å². The number of nitrogens with one attached hydrogen (secondary N) is 1. The number of thiophene rings is 1. The van der Waals surface area contributed by atoms with Gasteiger partial charge in [0.05, 0.1) is 4.88 Å². The van der Waals surface area contributed by atoms with Crippen LogP contribution in [0, 0.1) is 0 Å². The van der Waals surface area contributed by atoms with Gasteiger partial charge in [-0.25, -0.2) is 0 Å². The van der Waals surface area contributed by atoms with Crippen molar-refractivity contribution < 1.29 is 9.53 Å². The maximum atomic E-state index is 12.4. The van der Waals surface area contributed by atoms with Gasteiger partial charge in [-0.1, -0.05) is 26.0 Å². The zero-order valence-electron chi connectivity index (χ0n) is 13.6. The predicted molar refractivity (Wildman–Crippen MR) is 94.2 cm³/mol. The minimum Gasteiger partial charge on any atom is -0.488 e. The van der Waals surface area contributed by atoms with E-state index < -0.39 is 0 Å². The van der Waals surface area contributed by atoms with Gasteiger partial charge in [0, 0.05) is 29.1 Å². The fourth-order valence-electron chi connectivity index (χ4n) is 2.77. The minimum absolute atomic E-state index is 0.00837. The van der Waals surface area contributed by atoms with Gasteiger partial charge in [0.25, 0.3) is 5.91 Å². The highest BCUT2D eigenvalue weighted by Crippen LogP contribution is 2.42. The predicted octanol–water partition coefficient (Wildman–Crippen LogP) is 3.38. The molecule has 1 aromatic carbocycles. The number of amides is 1. The summed E-state index contributed by atoms with van der Waals surface area (Å²) in [5.74, 6) is 0.907. The highest BCUT2D eigenvalue weighted by molar-refractivity contribution is 7.17. The Balaban J connectivity index is 1.69. The van der Waals surface area contributed by atoms with Gasteiger partial charge in [-0.2, -0.15) is 0 Å². The van der Waals surface area contributed by atoms with Crippen molar-refractivity contribution in [2.75, 3.05) is 26.2 Å². The summed E-state index contributed by atoms with van der Waals surface area (Å²) in [4.78, 5) is 16.6. The fourth-order valence-corrected chi connectivity index (χ4v) is 3.88. The summed E-state index contributed by atoms with van der Waals surface area (Å²) in [5.41, 5.74) is 2.18. The molecule has 1 amide bonds. The van der Waals surface area contributed by atoms with E-state index in [1.807, 2.05) is 30.3 Å². The van der Waals surface area contributed by atoms with Gasteiger partial charge in [0.2, 0.25) is 0 Å². The number of ether oxygens (including phenoxy) is 1. The first-order valence-corrected chi connectivity index (χ1v) is 8.90. The second kappa shape index (κ2) is 7.15. The summed E-state index contributed by atoms with van der Waals surface area (Å²) in [5, 5.41) is 3.02. The van der Waals surface area contributed by atoms with Crippen LogP contribution in [0.4, 0.5) is 0 Å². The molecule has 0 saturated carbocycles. The molecule has 2 aromatic rings. The summed E-state index contributed by atoms with van der Waals surface area (Å²) in [6.45, 7) is 8.38. The maximum Gasteiger partial charge on any atom is 0.261 e. The van der Waals surface area contributed by atoms with Gasteiger partial charge in [-0.05, 0) is 31.3 Å². The summed E-state index contributed by atoms with van der Waals surface area (Å²) in [6, 6.07) is 9.95. The molecule has 0 unspecified atom stereocenters. The highest BCUT2D eigenvalue weighted by atomic mass is 32.1. The summed E-state index contributed by atoms with van der Waals surface area (Å²) in [7, 11) is 0. The average Bonchev–Trinajstić information content (AvgIpc) is 3.03. The van der Waals surface area contributed by atoms with E-state index in [4.69, 9.17) is 4.74 Å². The van der Waals surface area contributed by atoms with Gasteiger partial charge in [0.1, 0.15) is 12.4 Å². The van der Waals surface area contributed by atoms with E-state index in [2.05, 4.69) is 24.1 Å². The SMILES string of the molecule is CCN(CC)CCNC(=O)c1cc2c(s1)-c1ccccc1OC2. The van der Waals surface area contributed by atoms with Crippen LogP contribution < -0.4 is 10.1 Å². The van der Waals surface area contributed by atoms with E-state index in [1.54, 1.807) is 11.3 Å². The number of hydrogen-bond acceptors (Lipinski definition) is 4. The van der Waals surface area contributed by atoms with Crippen molar-refractivity contribution in [2.24, 2.45) is 0 Å². The van der Waals surface area contributed by atoms with E-state index in [0.29, 0.717) is 13.2 Å². The number of carbonyl (C=O) groups is 1. The molecule has 1 aliphatic rings. The van der Waals surface area contributed by atoms with Gasteiger partial charge in [-0.3, -0.25) is 4.79 Å². The number of nitrogens with zero attached hydrogens (tertiary/aromatic N) is 1. The van der Waals surface area contributed by atoms with Crippen LogP contribution in [-0.2, 0) is 6.61 Å². The minimum atomic E-state index is 0.00837. The molecule has 2 heterocycles. The van der Waals surface area contributed by atoms with E-state index in [0.717, 1.165) is 46.3 Å². The topological polar surface area (TPSA) is 41.6 Å². The summed E-state index contributed by atoms with van der Waals surface area (Å²) in [6.07, 6.45) is 0. The smallest absolute Gasteiger partial charge is 0.261 e. The highest BCUT2D eigenvalue weighted by Gasteiger charge is 2.22. The molecule has 0 saturated heterocycles. The molecule has 122 valence electrons. The van der Waals surface area contributed by atoms with Gasteiger partial charge < -0.3 is 15.0 Å². The molecule has 23 heavy (non-hydrogen) atoms.